The first-order chi connectivity index (χ1) is 16.7. The lowest BCUT2D eigenvalue weighted by Crippen LogP contribution is -2.26. The van der Waals surface area contributed by atoms with Crippen LogP contribution in [0.25, 0.3) is 5.57 Å². The second-order valence-corrected chi connectivity index (χ2v) is 9.50. The minimum Gasteiger partial charge on any atom is -0.508 e. The van der Waals surface area contributed by atoms with E-state index in [4.69, 9.17) is 9.47 Å². The van der Waals surface area contributed by atoms with Gasteiger partial charge in [0.25, 0.3) is 0 Å². The summed E-state index contributed by atoms with van der Waals surface area (Å²) in [5, 5.41) is 10.1. The molecule has 0 bridgehead atoms. The fourth-order valence-electron chi connectivity index (χ4n) is 5.50. The van der Waals surface area contributed by atoms with E-state index in [0.717, 1.165) is 64.1 Å². The Morgan fingerprint density at radius 1 is 1.09 bits per heavy atom. The molecule has 0 aromatic heterocycles. The monoisotopic (exact) mass is 463 g/mol. The number of benzene rings is 2. The van der Waals surface area contributed by atoms with E-state index in [2.05, 4.69) is 41.3 Å². The van der Waals surface area contributed by atoms with Crippen LogP contribution < -0.4 is 4.74 Å². The molecule has 1 N–H and O–H groups in total. The third kappa shape index (κ3) is 5.21. The standard InChI is InChI=1S/C29H34FNO3/c30-14-2-15-31-16-11-26(20-31)34-25-8-5-22(6-9-25)29-27(21-12-17-33-18-13-21)4-1-3-23-19-24(32)7-10-28(23)29/h5-10,12,19,26,32H,1-4,11,13-18,20H2. The van der Waals surface area contributed by atoms with Crippen molar-refractivity contribution in [3.63, 3.8) is 0 Å². The molecule has 2 heterocycles. The Balaban J connectivity index is 1.43. The summed E-state index contributed by atoms with van der Waals surface area (Å²) in [5.41, 5.74) is 7.66. The first-order valence-corrected chi connectivity index (χ1v) is 12.6. The van der Waals surface area contributed by atoms with Crippen LogP contribution in [0, 0.1) is 0 Å². The topological polar surface area (TPSA) is 41.9 Å². The second kappa shape index (κ2) is 10.7. The maximum Gasteiger partial charge on any atom is 0.119 e. The molecule has 1 atom stereocenters. The number of halogens is 1. The Morgan fingerprint density at radius 2 is 1.97 bits per heavy atom. The smallest absolute Gasteiger partial charge is 0.119 e. The number of alkyl halides is 1. The quantitative estimate of drug-likeness (QED) is 0.573. The minimum atomic E-state index is -0.256. The van der Waals surface area contributed by atoms with Crippen molar-refractivity contribution in [2.45, 2.75) is 44.6 Å². The van der Waals surface area contributed by atoms with Crippen LogP contribution in [0.15, 0.2) is 59.7 Å². The number of rotatable bonds is 7. The molecule has 2 aliphatic heterocycles. The van der Waals surface area contributed by atoms with Crippen molar-refractivity contribution in [2.75, 3.05) is 39.5 Å². The van der Waals surface area contributed by atoms with Crippen molar-refractivity contribution >= 4 is 5.57 Å². The number of hydrogen-bond donors (Lipinski definition) is 1. The van der Waals surface area contributed by atoms with Gasteiger partial charge in [-0.3, -0.25) is 9.29 Å². The summed E-state index contributed by atoms with van der Waals surface area (Å²) in [6.07, 6.45) is 7.96. The van der Waals surface area contributed by atoms with E-state index in [1.54, 1.807) is 6.07 Å². The zero-order valence-electron chi connectivity index (χ0n) is 19.8. The summed E-state index contributed by atoms with van der Waals surface area (Å²) in [4.78, 5) is 2.29. The van der Waals surface area contributed by atoms with Gasteiger partial charge in [-0.15, -0.1) is 0 Å². The first-order valence-electron chi connectivity index (χ1n) is 12.6. The summed E-state index contributed by atoms with van der Waals surface area (Å²) in [5.74, 6) is 1.21. The zero-order valence-corrected chi connectivity index (χ0v) is 19.8. The van der Waals surface area contributed by atoms with Crippen LogP contribution in [0.3, 0.4) is 0 Å². The summed E-state index contributed by atoms with van der Waals surface area (Å²) in [6.45, 7) is 3.83. The van der Waals surface area contributed by atoms with Gasteiger partial charge in [0.2, 0.25) is 0 Å². The van der Waals surface area contributed by atoms with Crippen molar-refractivity contribution in [1.82, 2.24) is 4.90 Å². The molecule has 0 spiro atoms. The highest BCUT2D eigenvalue weighted by Crippen LogP contribution is 2.40. The normalized spacial score (nSPS) is 21.2. The molecule has 0 saturated carbocycles. The van der Waals surface area contributed by atoms with Gasteiger partial charge in [0.1, 0.15) is 17.6 Å². The molecular weight excluding hydrogens is 429 g/mol. The Hall–Kier alpha value is -2.63. The van der Waals surface area contributed by atoms with Crippen LogP contribution in [-0.2, 0) is 11.2 Å². The molecule has 180 valence electrons. The molecule has 2 aromatic rings. The molecule has 0 radical (unpaired) electrons. The van der Waals surface area contributed by atoms with Crippen LogP contribution >= 0.6 is 0 Å². The average molecular weight is 464 g/mol. The Labute approximate surface area is 201 Å². The van der Waals surface area contributed by atoms with E-state index in [1.807, 2.05) is 6.07 Å². The fourth-order valence-corrected chi connectivity index (χ4v) is 5.50. The van der Waals surface area contributed by atoms with Crippen LogP contribution in [0.4, 0.5) is 4.39 Å². The Morgan fingerprint density at radius 3 is 2.76 bits per heavy atom. The number of aryl methyl sites for hydroxylation is 1. The molecule has 5 rings (SSSR count). The highest BCUT2D eigenvalue weighted by atomic mass is 19.1. The summed E-state index contributed by atoms with van der Waals surface area (Å²) in [6, 6.07) is 14.3. The number of allylic oxidation sites excluding steroid dienone is 1. The van der Waals surface area contributed by atoms with Gasteiger partial charge in [0.05, 0.1) is 19.9 Å². The van der Waals surface area contributed by atoms with E-state index in [9.17, 15) is 9.50 Å². The maximum absolute atomic E-state index is 12.5. The molecule has 1 unspecified atom stereocenters. The third-order valence-electron chi connectivity index (χ3n) is 7.17. The molecule has 34 heavy (non-hydrogen) atoms. The van der Waals surface area contributed by atoms with E-state index in [-0.39, 0.29) is 12.8 Å². The highest BCUT2D eigenvalue weighted by Gasteiger charge is 2.25. The largest absolute Gasteiger partial charge is 0.508 e. The summed E-state index contributed by atoms with van der Waals surface area (Å²) in [7, 11) is 0. The number of likely N-dealkylation sites (tertiary alicyclic amines) is 1. The lowest BCUT2D eigenvalue weighted by Gasteiger charge is -2.21. The van der Waals surface area contributed by atoms with Crippen LogP contribution in [0.5, 0.6) is 11.5 Å². The van der Waals surface area contributed by atoms with Gasteiger partial charge in [-0.05, 0) is 96.2 Å². The predicted molar refractivity (Wildman–Crippen MR) is 133 cm³/mol. The third-order valence-corrected chi connectivity index (χ3v) is 7.17. The number of fused-ring (bicyclic) bond motifs is 1. The number of aromatic hydroxyl groups is 1. The lowest BCUT2D eigenvalue weighted by molar-refractivity contribution is 0.155. The molecule has 3 aliphatic rings. The van der Waals surface area contributed by atoms with E-state index < -0.39 is 0 Å². The van der Waals surface area contributed by atoms with Gasteiger partial charge in [-0.25, -0.2) is 0 Å². The van der Waals surface area contributed by atoms with Gasteiger partial charge in [-0.1, -0.05) is 24.3 Å². The Kier molecular flexibility index (Phi) is 7.31. The number of phenols is 1. The van der Waals surface area contributed by atoms with Crippen molar-refractivity contribution in [1.29, 1.82) is 0 Å². The van der Waals surface area contributed by atoms with Crippen LogP contribution in [0.2, 0.25) is 0 Å². The number of hydrogen-bond acceptors (Lipinski definition) is 4. The SMILES string of the molecule is Oc1ccc2c(c1)CCCC(C1=CCOCC1)=C2c1ccc(OC2CCN(CCCF)C2)cc1. The molecule has 1 saturated heterocycles. The van der Waals surface area contributed by atoms with Gasteiger partial charge in [0, 0.05) is 19.6 Å². The predicted octanol–water partition coefficient (Wildman–Crippen LogP) is 5.69. The van der Waals surface area contributed by atoms with Gasteiger partial charge in [-0.2, -0.15) is 0 Å². The van der Waals surface area contributed by atoms with Gasteiger partial charge < -0.3 is 14.6 Å². The molecule has 2 aromatic carbocycles. The van der Waals surface area contributed by atoms with Crippen LogP contribution in [0.1, 0.15) is 48.8 Å². The summed E-state index contributed by atoms with van der Waals surface area (Å²) < 4.78 is 24.3. The van der Waals surface area contributed by atoms with Crippen molar-refractivity contribution < 1.29 is 19.0 Å². The number of ether oxygens (including phenoxy) is 2. The van der Waals surface area contributed by atoms with Gasteiger partial charge in [0.15, 0.2) is 0 Å². The molecule has 4 nitrogen and oxygen atoms in total. The minimum absolute atomic E-state index is 0.161. The molecule has 0 amide bonds. The fraction of sp³-hybridized carbons (Fsp3) is 0.448. The lowest BCUT2D eigenvalue weighted by atomic mass is 9.86. The summed E-state index contributed by atoms with van der Waals surface area (Å²) >= 11 is 0. The van der Waals surface area contributed by atoms with Crippen molar-refractivity contribution in [2.24, 2.45) is 0 Å². The number of phenolic OH excluding ortho intramolecular Hbond substituents is 1. The van der Waals surface area contributed by atoms with Crippen LogP contribution in [-0.4, -0.2) is 55.6 Å². The molecule has 1 fully saturated rings. The van der Waals surface area contributed by atoms with Gasteiger partial charge >= 0.3 is 0 Å². The average Bonchev–Trinajstić information content (AvgIpc) is 3.22. The van der Waals surface area contributed by atoms with E-state index >= 15 is 0 Å². The molecular formula is C29H34FNO3. The van der Waals surface area contributed by atoms with E-state index in [1.165, 1.54) is 33.4 Å². The molecule has 5 heteroatoms. The van der Waals surface area contributed by atoms with Crippen molar-refractivity contribution in [3.05, 3.63) is 76.4 Å². The first kappa shape index (κ1) is 23.1. The number of nitrogens with zero attached hydrogens (tertiary/aromatic N) is 1. The van der Waals surface area contributed by atoms with E-state index in [0.29, 0.717) is 18.8 Å². The Bertz CT molecular complexity index is 1060. The zero-order chi connectivity index (χ0) is 23.3. The molecule has 1 aliphatic carbocycles. The maximum atomic E-state index is 12.5. The van der Waals surface area contributed by atoms with Crippen molar-refractivity contribution in [3.8, 4) is 11.5 Å². The second-order valence-electron chi connectivity index (χ2n) is 9.50. The highest BCUT2D eigenvalue weighted by molar-refractivity contribution is 5.87.